The molecule has 5 heteroatoms. The molecule has 0 radical (unpaired) electrons. The topological polar surface area (TPSA) is 34.1 Å². The van der Waals surface area contributed by atoms with E-state index in [1.807, 2.05) is 32.0 Å². The van der Waals surface area contributed by atoms with Gasteiger partial charge in [0.1, 0.15) is 11.5 Å². The highest BCUT2D eigenvalue weighted by Gasteiger charge is 2.40. The fourth-order valence-electron chi connectivity index (χ4n) is 3.83. The van der Waals surface area contributed by atoms with E-state index in [1.54, 1.807) is 11.3 Å². The van der Waals surface area contributed by atoms with Gasteiger partial charge in [-0.05, 0) is 55.6 Å². The van der Waals surface area contributed by atoms with Crippen molar-refractivity contribution in [1.29, 1.82) is 0 Å². The second-order valence-corrected chi connectivity index (χ2v) is 8.32. The molecule has 0 saturated heterocycles. The van der Waals surface area contributed by atoms with Crippen molar-refractivity contribution in [1.82, 2.24) is 5.01 Å². The van der Waals surface area contributed by atoms with Gasteiger partial charge in [0.25, 0.3) is 0 Å². The highest BCUT2D eigenvalue weighted by Crippen LogP contribution is 2.47. The molecule has 4 nitrogen and oxygen atoms in total. The zero-order valence-corrected chi connectivity index (χ0v) is 16.7. The van der Waals surface area contributed by atoms with E-state index in [0.29, 0.717) is 0 Å². The van der Waals surface area contributed by atoms with Gasteiger partial charge in [-0.15, -0.1) is 11.3 Å². The Kier molecular flexibility index (Phi) is 4.32. The van der Waals surface area contributed by atoms with Crippen molar-refractivity contribution in [3.8, 4) is 11.5 Å². The lowest BCUT2D eigenvalue weighted by Crippen LogP contribution is -2.33. The first-order chi connectivity index (χ1) is 13.7. The number of rotatable bonds is 4. The van der Waals surface area contributed by atoms with Crippen LogP contribution in [0, 0.1) is 0 Å². The molecule has 2 aliphatic rings. The van der Waals surface area contributed by atoms with Gasteiger partial charge in [0.05, 0.1) is 22.7 Å². The molecule has 0 spiro atoms. The number of thiophene rings is 1. The fraction of sp³-hybridized carbons (Fsp3) is 0.261. The minimum atomic E-state index is -0.245. The predicted molar refractivity (Wildman–Crippen MR) is 112 cm³/mol. The van der Waals surface area contributed by atoms with Crippen LogP contribution in [0.3, 0.4) is 0 Å². The third kappa shape index (κ3) is 3.06. The summed E-state index contributed by atoms with van der Waals surface area (Å²) in [4.78, 5) is 1.23. The number of ether oxygens (including phenoxy) is 2. The maximum absolute atomic E-state index is 6.40. The SMILES string of the molecule is CC(C)Oc1ccc([C@@H]2Oc3ccccc3[C@H]3CC(c4cccs4)=NN32)cc1. The second-order valence-electron chi connectivity index (χ2n) is 7.37. The Morgan fingerprint density at radius 3 is 2.64 bits per heavy atom. The number of benzene rings is 2. The standard InChI is InChI=1S/C23H22N2O2S/c1-15(2)26-17-11-9-16(10-12-17)23-25-20(18-6-3-4-7-21(18)27-23)14-19(24-25)22-8-5-13-28-22/h3-13,15,20,23H,14H2,1-2H3/t20-,23+/m1/s1. The van der Waals surface area contributed by atoms with Crippen LogP contribution in [-0.4, -0.2) is 16.8 Å². The van der Waals surface area contributed by atoms with Gasteiger partial charge in [0.2, 0.25) is 6.23 Å². The van der Waals surface area contributed by atoms with Crippen molar-refractivity contribution in [3.63, 3.8) is 0 Å². The summed E-state index contributed by atoms with van der Waals surface area (Å²) >= 11 is 1.74. The molecule has 0 amide bonds. The lowest BCUT2D eigenvalue weighted by atomic mass is 9.98. The Balaban J connectivity index is 1.52. The number of hydrogen-bond donors (Lipinski definition) is 0. The van der Waals surface area contributed by atoms with E-state index in [-0.39, 0.29) is 18.4 Å². The molecule has 2 aliphatic heterocycles. The smallest absolute Gasteiger partial charge is 0.213 e. The summed E-state index contributed by atoms with van der Waals surface area (Å²) in [6.07, 6.45) is 0.807. The van der Waals surface area contributed by atoms with E-state index in [0.717, 1.165) is 29.2 Å². The number of hydrazone groups is 1. The largest absolute Gasteiger partial charge is 0.491 e. The van der Waals surface area contributed by atoms with Gasteiger partial charge >= 0.3 is 0 Å². The molecule has 3 heterocycles. The van der Waals surface area contributed by atoms with Gasteiger partial charge in [-0.2, -0.15) is 5.10 Å². The van der Waals surface area contributed by atoms with Crippen molar-refractivity contribution in [2.24, 2.45) is 5.10 Å². The highest BCUT2D eigenvalue weighted by molar-refractivity contribution is 7.12. The summed E-state index contributed by atoms with van der Waals surface area (Å²) in [5, 5.41) is 9.21. The first-order valence-corrected chi connectivity index (χ1v) is 10.5. The molecule has 0 bridgehead atoms. The molecule has 0 aliphatic carbocycles. The second kappa shape index (κ2) is 6.99. The monoisotopic (exact) mass is 390 g/mol. The lowest BCUT2D eigenvalue weighted by Gasteiger charge is -2.38. The molecule has 1 aromatic heterocycles. The quantitative estimate of drug-likeness (QED) is 0.566. The minimum Gasteiger partial charge on any atom is -0.491 e. The van der Waals surface area contributed by atoms with Crippen LogP contribution < -0.4 is 9.47 Å². The summed E-state index contributed by atoms with van der Waals surface area (Å²) in [5.41, 5.74) is 3.41. The van der Waals surface area contributed by atoms with Crippen LogP contribution in [-0.2, 0) is 0 Å². The molecule has 28 heavy (non-hydrogen) atoms. The van der Waals surface area contributed by atoms with Crippen LogP contribution in [0.4, 0.5) is 0 Å². The third-order valence-electron chi connectivity index (χ3n) is 5.04. The summed E-state index contributed by atoms with van der Waals surface area (Å²) in [6, 6.07) is 20.9. The van der Waals surface area contributed by atoms with Crippen LogP contribution in [0.1, 0.15) is 48.5 Å². The van der Waals surface area contributed by atoms with E-state index in [2.05, 4.69) is 52.9 Å². The number of fused-ring (bicyclic) bond motifs is 3. The molecule has 0 N–H and O–H groups in total. The summed E-state index contributed by atoms with van der Waals surface area (Å²) < 4.78 is 12.2. The third-order valence-corrected chi connectivity index (χ3v) is 5.96. The predicted octanol–water partition coefficient (Wildman–Crippen LogP) is 5.78. The van der Waals surface area contributed by atoms with E-state index in [4.69, 9.17) is 14.6 Å². The van der Waals surface area contributed by atoms with E-state index in [1.165, 1.54) is 10.4 Å². The van der Waals surface area contributed by atoms with Crippen molar-refractivity contribution in [2.45, 2.75) is 38.6 Å². The molecule has 5 rings (SSSR count). The van der Waals surface area contributed by atoms with E-state index in [9.17, 15) is 0 Å². The van der Waals surface area contributed by atoms with Crippen LogP contribution in [0.25, 0.3) is 0 Å². The zero-order valence-electron chi connectivity index (χ0n) is 15.9. The minimum absolute atomic E-state index is 0.157. The Hall–Kier alpha value is -2.79. The average Bonchev–Trinajstić information content (AvgIpc) is 3.37. The van der Waals surface area contributed by atoms with Crippen molar-refractivity contribution in [3.05, 3.63) is 82.0 Å². The molecule has 142 valence electrons. The Labute approximate surface area is 169 Å². The molecule has 2 atom stereocenters. The molecule has 0 unspecified atom stereocenters. The fourth-order valence-corrected chi connectivity index (χ4v) is 4.55. The first-order valence-electron chi connectivity index (χ1n) is 9.61. The molecular weight excluding hydrogens is 368 g/mol. The van der Waals surface area contributed by atoms with Gasteiger partial charge in [0.15, 0.2) is 0 Å². The Morgan fingerprint density at radius 1 is 1.07 bits per heavy atom. The van der Waals surface area contributed by atoms with E-state index < -0.39 is 0 Å². The summed E-state index contributed by atoms with van der Waals surface area (Å²) in [6.45, 7) is 4.06. The summed E-state index contributed by atoms with van der Waals surface area (Å²) in [5.74, 6) is 1.81. The van der Waals surface area contributed by atoms with Gasteiger partial charge in [-0.25, -0.2) is 5.01 Å². The maximum atomic E-state index is 6.40. The average molecular weight is 391 g/mol. The van der Waals surface area contributed by atoms with Gasteiger partial charge in [-0.3, -0.25) is 0 Å². The highest BCUT2D eigenvalue weighted by atomic mass is 32.1. The lowest BCUT2D eigenvalue weighted by molar-refractivity contribution is -0.0190. The number of nitrogens with zero attached hydrogens (tertiary/aromatic N) is 2. The first kappa shape index (κ1) is 17.3. The molecule has 2 aromatic carbocycles. The van der Waals surface area contributed by atoms with Crippen LogP contribution >= 0.6 is 11.3 Å². The normalized spacial score (nSPS) is 20.4. The van der Waals surface area contributed by atoms with Gasteiger partial charge < -0.3 is 9.47 Å². The molecule has 0 saturated carbocycles. The summed E-state index contributed by atoms with van der Waals surface area (Å²) in [7, 11) is 0. The van der Waals surface area contributed by atoms with Crippen LogP contribution in [0.2, 0.25) is 0 Å². The molecule has 0 fully saturated rings. The van der Waals surface area contributed by atoms with E-state index >= 15 is 0 Å². The number of para-hydroxylation sites is 1. The van der Waals surface area contributed by atoms with Crippen LogP contribution in [0.5, 0.6) is 11.5 Å². The molecule has 3 aromatic rings. The van der Waals surface area contributed by atoms with Crippen LogP contribution in [0.15, 0.2) is 71.1 Å². The maximum Gasteiger partial charge on any atom is 0.213 e. The number of hydrogen-bond acceptors (Lipinski definition) is 5. The van der Waals surface area contributed by atoms with Crippen molar-refractivity contribution < 1.29 is 9.47 Å². The van der Waals surface area contributed by atoms with Gasteiger partial charge in [-0.1, -0.05) is 24.3 Å². The molecular formula is C23H22N2O2S. The van der Waals surface area contributed by atoms with Gasteiger partial charge in [0, 0.05) is 17.5 Å². The van der Waals surface area contributed by atoms with Crippen molar-refractivity contribution in [2.75, 3.05) is 0 Å². The van der Waals surface area contributed by atoms with Crippen molar-refractivity contribution >= 4 is 17.0 Å². The Morgan fingerprint density at radius 2 is 1.89 bits per heavy atom. The Bertz CT molecular complexity index is 996. The zero-order chi connectivity index (χ0) is 19.1.